The maximum Gasteiger partial charge on any atom is 0.264 e. The molecular weight excluding hydrogens is 328 g/mol. The molecule has 0 aliphatic carbocycles. The van der Waals surface area contributed by atoms with Crippen molar-refractivity contribution in [1.29, 1.82) is 0 Å². The highest BCUT2D eigenvalue weighted by Crippen LogP contribution is 2.21. The van der Waals surface area contributed by atoms with E-state index in [2.05, 4.69) is 20.2 Å². The van der Waals surface area contributed by atoms with Crippen molar-refractivity contribution in [1.82, 2.24) is 20.2 Å². The van der Waals surface area contributed by atoms with Crippen LogP contribution in [0.15, 0.2) is 53.7 Å². The lowest BCUT2D eigenvalue weighted by atomic mass is 10.3. The van der Waals surface area contributed by atoms with E-state index in [0.717, 1.165) is 12.1 Å². The Balaban J connectivity index is 1.95. The molecule has 0 saturated carbocycles. The van der Waals surface area contributed by atoms with Gasteiger partial charge in [0.1, 0.15) is 22.9 Å². The lowest BCUT2D eigenvalue weighted by Crippen LogP contribution is -2.15. The first-order chi connectivity index (χ1) is 11.0. The van der Waals surface area contributed by atoms with E-state index in [1.165, 1.54) is 23.1 Å². The lowest BCUT2D eigenvalue weighted by molar-refractivity contribution is 0.555. The molecule has 10 heteroatoms. The Morgan fingerprint density at radius 2 is 1.91 bits per heavy atom. The number of benzene rings is 2. The largest absolute Gasteiger partial charge is 0.279 e. The highest BCUT2D eigenvalue weighted by atomic mass is 32.2. The zero-order valence-corrected chi connectivity index (χ0v) is 12.2. The molecule has 7 nitrogen and oxygen atoms in total. The van der Waals surface area contributed by atoms with Gasteiger partial charge in [-0.3, -0.25) is 4.72 Å². The molecule has 0 amide bonds. The number of rotatable bonds is 4. The first kappa shape index (κ1) is 15.0. The van der Waals surface area contributed by atoms with Gasteiger partial charge in [-0.05, 0) is 46.8 Å². The molecule has 0 spiro atoms. The predicted octanol–water partition coefficient (Wildman–Crippen LogP) is 1.74. The second-order valence-corrected chi connectivity index (χ2v) is 6.14. The summed E-state index contributed by atoms with van der Waals surface area (Å²) >= 11 is 0. The third kappa shape index (κ3) is 3.16. The van der Waals surface area contributed by atoms with E-state index in [9.17, 15) is 17.2 Å². The van der Waals surface area contributed by atoms with Crippen molar-refractivity contribution in [3.05, 3.63) is 60.4 Å². The normalized spacial score (nSPS) is 11.4. The number of aromatic nitrogens is 4. The Kier molecular flexibility index (Phi) is 3.74. The Morgan fingerprint density at radius 1 is 1.09 bits per heavy atom. The molecule has 0 bridgehead atoms. The van der Waals surface area contributed by atoms with E-state index >= 15 is 0 Å². The Bertz CT molecular complexity index is 945. The summed E-state index contributed by atoms with van der Waals surface area (Å²) in [6.07, 6.45) is 1.33. The third-order valence-corrected chi connectivity index (χ3v) is 4.29. The summed E-state index contributed by atoms with van der Waals surface area (Å²) in [6.45, 7) is 0. The third-order valence-electron chi connectivity index (χ3n) is 2.89. The number of nitrogens with one attached hydrogen (secondary N) is 1. The SMILES string of the molecule is O=S(=O)(Nc1cccc(-n2cnnn2)c1)c1cc(F)ccc1F. The van der Waals surface area contributed by atoms with Gasteiger partial charge in [0.25, 0.3) is 10.0 Å². The number of tetrazole rings is 1. The van der Waals surface area contributed by atoms with Crippen LogP contribution in [-0.4, -0.2) is 28.6 Å². The maximum absolute atomic E-state index is 13.7. The average Bonchev–Trinajstić information content (AvgIpc) is 3.04. The first-order valence-corrected chi connectivity index (χ1v) is 7.75. The minimum absolute atomic E-state index is 0.154. The summed E-state index contributed by atoms with van der Waals surface area (Å²) in [5.74, 6) is -1.90. The number of hydrogen-bond acceptors (Lipinski definition) is 5. The summed E-state index contributed by atoms with van der Waals surface area (Å²) in [4.78, 5) is -0.773. The van der Waals surface area contributed by atoms with Crippen LogP contribution in [-0.2, 0) is 10.0 Å². The minimum atomic E-state index is -4.28. The monoisotopic (exact) mass is 337 g/mol. The van der Waals surface area contributed by atoms with E-state index in [1.54, 1.807) is 12.1 Å². The summed E-state index contributed by atoms with van der Waals surface area (Å²) in [7, 11) is -4.28. The van der Waals surface area contributed by atoms with Gasteiger partial charge < -0.3 is 0 Å². The van der Waals surface area contributed by atoms with Gasteiger partial charge in [0.15, 0.2) is 0 Å². The molecule has 3 rings (SSSR count). The van der Waals surface area contributed by atoms with E-state index < -0.39 is 26.6 Å². The van der Waals surface area contributed by atoms with E-state index in [1.807, 2.05) is 0 Å². The summed E-state index contributed by atoms with van der Waals surface area (Å²) in [5, 5.41) is 10.6. The van der Waals surface area contributed by atoms with Gasteiger partial charge in [0, 0.05) is 0 Å². The average molecular weight is 337 g/mol. The van der Waals surface area contributed by atoms with Crippen molar-refractivity contribution in [2.75, 3.05) is 4.72 Å². The predicted molar refractivity (Wildman–Crippen MR) is 76.3 cm³/mol. The van der Waals surface area contributed by atoms with Gasteiger partial charge in [-0.1, -0.05) is 6.07 Å². The molecule has 1 N–H and O–H groups in total. The number of nitrogens with zero attached hydrogens (tertiary/aromatic N) is 4. The summed E-state index contributed by atoms with van der Waals surface area (Å²) in [5.41, 5.74) is 0.650. The molecule has 23 heavy (non-hydrogen) atoms. The molecule has 1 heterocycles. The van der Waals surface area contributed by atoms with Gasteiger partial charge in [-0.25, -0.2) is 21.9 Å². The molecule has 0 atom stereocenters. The quantitative estimate of drug-likeness (QED) is 0.783. The van der Waals surface area contributed by atoms with Crippen molar-refractivity contribution >= 4 is 15.7 Å². The molecule has 0 fully saturated rings. The highest BCUT2D eigenvalue weighted by molar-refractivity contribution is 7.92. The molecular formula is C13H9F2N5O2S. The van der Waals surface area contributed by atoms with E-state index in [4.69, 9.17) is 0 Å². The van der Waals surface area contributed by atoms with Crippen LogP contribution >= 0.6 is 0 Å². The summed E-state index contributed by atoms with van der Waals surface area (Å²) < 4.78 is 54.8. The fourth-order valence-electron chi connectivity index (χ4n) is 1.88. The number of hydrogen-bond donors (Lipinski definition) is 1. The van der Waals surface area contributed by atoms with Crippen LogP contribution in [0.1, 0.15) is 0 Å². The van der Waals surface area contributed by atoms with Crippen molar-refractivity contribution in [2.24, 2.45) is 0 Å². The topological polar surface area (TPSA) is 89.8 Å². The molecule has 118 valence electrons. The van der Waals surface area contributed by atoms with E-state index in [-0.39, 0.29) is 5.69 Å². The number of halogens is 2. The molecule has 0 aliphatic heterocycles. The molecule has 2 aromatic carbocycles. The number of anilines is 1. The lowest BCUT2D eigenvalue weighted by Gasteiger charge is -2.10. The zero-order chi connectivity index (χ0) is 16.4. The van der Waals surface area contributed by atoms with Gasteiger partial charge >= 0.3 is 0 Å². The van der Waals surface area contributed by atoms with Crippen molar-refractivity contribution < 1.29 is 17.2 Å². The minimum Gasteiger partial charge on any atom is -0.279 e. The summed E-state index contributed by atoms with van der Waals surface area (Å²) in [6, 6.07) is 8.33. The van der Waals surface area contributed by atoms with Crippen LogP contribution in [0, 0.1) is 11.6 Å². The van der Waals surface area contributed by atoms with Crippen LogP contribution in [0.25, 0.3) is 5.69 Å². The Morgan fingerprint density at radius 3 is 2.65 bits per heavy atom. The number of sulfonamides is 1. The standard InChI is InChI=1S/C13H9F2N5O2S/c14-9-4-5-12(15)13(6-9)23(21,22)17-10-2-1-3-11(7-10)20-8-16-18-19-20/h1-8,17H. The Hall–Kier alpha value is -2.88. The second-order valence-electron chi connectivity index (χ2n) is 4.48. The van der Waals surface area contributed by atoms with Crippen LogP contribution < -0.4 is 4.72 Å². The first-order valence-electron chi connectivity index (χ1n) is 6.27. The second kappa shape index (κ2) is 5.72. The highest BCUT2D eigenvalue weighted by Gasteiger charge is 2.20. The molecule has 3 aromatic rings. The van der Waals surface area contributed by atoms with Gasteiger partial charge in [0.05, 0.1) is 11.4 Å². The van der Waals surface area contributed by atoms with Crippen molar-refractivity contribution in [3.8, 4) is 5.69 Å². The van der Waals surface area contributed by atoms with Crippen LogP contribution in [0.2, 0.25) is 0 Å². The molecule has 0 saturated heterocycles. The van der Waals surface area contributed by atoms with Gasteiger partial charge in [-0.15, -0.1) is 5.10 Å². The molecule has 0 radical (unpaired) electrons. The molecule has 1 aromatic heterocycles. The fraction of sp³-hybridized carbons (Fsp3) is 0. The zero-order valence-electron chi connectivity index (χ0n) is 11.4. The van der Waals surface area contributed by atoms with Crippen LogP contribution in [0.5, 0.6) is 0 Å². The van der Waals surface area contributed by atoms with Gasteiger partial charge in [-0.2, -0.15) is 0 Å². The van der Waals surface area contributed by atoms with Crippen LogP contribution in [0.4, 0.5) is 14.5 Å². The smallest absolute Gasteiger partial charge is 0.264 e. The Labute approximate surface area is 129 Å². The maximum atomic E-state index is 13.7. The van der Waals surface area contributed by atoms with Crippen molar-refractivity contribution in [3.63, 3.8) is 0 Å². The van der Waals surface area contributed by atoms with E-state index in [0.29, 0.717) is 11.8 Å². The van der Waals surface area contributed by atoms with Crippen LogP contribution in [0.3, 0.4) is 0 Å². The fourth-order valence-corrected chi connectivity index (χ4v) is 3.02. The molecule has 0 aliphatic rings. The van der Waals surface area contributed by atoms with Gasteiger partial charge in [0.2, 0.25) is 0 Å². The van der Waals surface area contributed by atoms with Crippen molar-refractivity contribution in [2.45, 2.75) is 4.90 Å². The molecule has 0 unspecified atom stereocenters.